The van der Waals surface area contributed by atoms with Gasteiger partial charge in [0, 0.05) is 98.3 Å². The van der Waals surface area contributed by atoms with Gasteiger partial charge in [-0.25, -0.2) is 8.78 Å². The van der Waals surface area contributed by atoms with Crippen LogP contribution in [0.2, 0.25) is 0 Å². The van der Waals surface area contributed by atoms with E-state index in [9.17, 15) is 47.1 Å². The van der Waals surface area contributed by atoms with Crippen LogP contribution in [-0.2, 0) is 52.4 Å². The van der Waals surface area contributed by atoms with E-state index in [0.29, 0.717) is 125 Å². The van der Waals surface area contributed by atoms with Crippen molar-refractivity contribution in [2.75, 3.05) is 63.2 Å². The van der Waals surface area contributed by atoms with Crippen LogP contribution in [0.4, 0.5) is 20.2 Å². The number of pyridine rings is 2. The van der Waals surface area contributed by atoms with E-state index in [1.807, 2.05) is 37.5 Å². The van der Waals surface area contributed by atoms with Crippen LogP contribution in [0.25, 0.3) is 0 Å². The van der Waals surface area contributed by atoms with E-state index in [4.69, 9.17) is 0 Å². The van der Waals surface area contributed by atoms with Crippen molar-refractivity contribution in [1.82, 2.24) is 41.0 Å². The summed E-state index contributed by atoms with van der Waals surface area (Å²) >= 11 is 0. The summed E-state index contributed by atoms with van der Waals surface area (Å²) in [5, 5.41) is 12.0. The molecule has 4 aliphatic rings. The Morgan fingerprint density at radius 3 is 1.22 bits per heavy atom. The number of nitrogens with zero attached hydrogens (tertiary/aromatic N) is 4. The van der Waals surface area contributed by atoms with E-state index >= 15 is 0 Å². The molecule has 466 valence electrons. The minimum Gasteiger partial charge on any atom is -0.343 e. The fourth-order valence-corrected chi connectivity index (χ4v) is 12.8. The molecule has 0 radical (unpaired) electrons. The fraction of sp³-hybridized carbons (Fsp3) is 0.576. The van der Waals surface area contributed by atoms with Crippen LogP contribution in [0.5, 0.6) is 0 Å². The first-order valence-corrected chi connectivity index (χ1v) is 31.1. The lowest BCUT2D eigenvalue weighted by molar-refractivity contribution is -0.133. The summed E-state index contributed by atoms with van der Waals surface area (Å²) in [7, 11) is 3.37. The molecule has 0 unspecified atom stereocenters. The van der Waals surface area contributed by atoms with Gasteiger partial charge in [-0.2, -0.15) is 0 Å². The second-order valence-electron chi connectivity index (χ2n) is 25.9. The predicted molar refractivity (Wildman–Crippen MR) is 329 cm³/mol. The number of fused-ring (bicyclic) bond motifs is 2. The van der Waals surface area contributed by atoms with E-state index in [1.165, 1.54) is 24.3 Å². The molecule has 6 amide bonds. The number of anilines is 2. The number of piperidine rings is 2. The van der Waals surface area contributed by atoms with Crippen LogP contribution in [-0.4, -0.2) is 133 Å². The number of halogens is 2. The summed E-state index contributed by atoms with van der Waals surface area (Å²) in [6.07, 6.45) is 10.3. The maximum absolute atomic E-state index is 14.7. The molecule has 4 atom stereocenters. The number of unbranched alkanes of at least 4 members (excludes halogenated alkanes) is 5. The minimum atomic E-state index is -0.835. The van der Waals surface area contributed by atoms with Crippen molar-refractivity contribution in [3.8, 4) is 0 Å². The number of carbonyl (C=O) groups excluding carboxylic acids is 6. The molecule has 4 aromatic rings. The van der Waals surface area contributed by atoms with Crippen molar-refractivity contribution in [2.45, 2.75) is 179 Å². The molecule has 6 heterocycles. The Balaban J connectivity index is 0.750. The zero-order chi connectivity index (χ0) is 62.0. The van der Waals surface area contributed by atoms with Crippen molar-refractivity contribution in [3.63, 3.8) is 0 Å². The third-order valence-corrected chi connectivity index (χ3v) is 18.4. The Kier molecular flexibility index (Phi) is 21.6. The maximum Gasteiger partial charge on any atom is 0.251 e. The average molecular weight is 1190 g/mol. The van der Waals surface area contributed by atoms with Crippen molar-refractivity contribution < 1.29 is 37.5 Å². The summed E-state index contributed by atoms with van der Waals surface area (Å²) in [4.78, 5) is 123. The zero-order valence-electron chi connectivity index (χ0n) is 51.6. The SMILES string of the molecule is CN[C@@H](C)C(=O)N[C@@H](CC1CCN(C(=O)CCCCCCCCC(=O)N2CCC(C[C@H](NC(=O)[C@H](C)NC)C(=O)N3CC(C)(C)c4[nH]c(=O)c(Cc5ccc(F)cc5)cc43)CC2)CC1)C(=O)N1CC(C)(C)c2[nH]c(=O)c(Cc3ccc(F)cc3)cc21. The molecule has 6 N–H and O–H groups in total. The van der Waals surface area contributed by atoms with Gasteiger partial charge >= 0.3 is 0 Å². The molecule has 4 aliphatic heterocycles. The highest BCUT2D eigenvalue weighted by Gasteiger charge is 2.45. The average Bonchev–Trinajstić information content (AvgIpc) is 3.22. The van der Waals surface area contributed by atoms with Crippen molar-refractivity contribution in [1.29, 1.82) is 0 Å². The van der Waals surface area contributed by atoms with Crippen LogP contribution in [0.15, 0.2) is 70.3 Å². The number of amides is 6. The number of aromatic nitrogens is 2. The van der Waals surface area contributed by atoms with Gasteiger partial charge in [0.15, 0.2) is 0 Å². The smallest absolute Gasteiger partial charge is 0.251 e. The van der Waals surface area contributed by atoms with Gasteiger partial charge in [-0.05, 0) is 139 Å². The Hall–Kier alpha value is -7.06. The van der Waals surface area contributed by atoms with E-state index < -0.39 is 35.0 Å². The number of hydrogen-bond donors (Lipinski definition) is 6. The molecular formula is C66H90F2N10O8. The first-order chi connectivity index (χ1) is 40.9. The zero-order valence-corrected chi connectivity index (χ0v) is 51.6. The van der Waals surface area contributed by atoms with Crippen LogP contribution >= 0.6 is 0 Å². The molecule has 0 saturated carbocycles. The highest BCUT2D eigenvalue weighted by atomic mass is 19.1. The molecule has 0 spiro atoms. The van der Waals surface area contributed by atoms with Gasteiger partial charge in [-0.1, -0.05) is 77.6 Å². The van der Waals surface area contributed by atoms with Crippen LogP contribution < -0.4 is 42.2 Å². The lowest BCUT2D eigenvalue weighted by atomic mass is 9.89. The molecule has 8 rings (SSSR count). The van der Waals surface area contributed by atoms with Crippen LogP contribution in [0.1, 0.15) is 165 Å². The van der Waals surface area contributed by atoms with E-state index in [0.717, 1.165) is 49.7 Å². The van der Waals surface area contributed by atoms with Gasteiger partial charge in [0.2, 0.25) is 35.4 Å². The Morgan fingerprint density at radius 2 is 0.884 bits per heavy atom. The lowest BCUT2D eigenvalue weighted by Crippen LogP contribution is -2.54. The molecule has 2 saturated heterocycles. The third kappa shape index (κ3) is 16.1. The molecule has 20 heteroatoms. The largest absolute Gasteiger partial charge is 0.343 e. The van der Waals surface area contributed by atoms with Gasteiger partial charge in [0.1, 0.15) is 23.7 Å². The van der Waals surface area contributed by atoms with E-state index in [1.54, 1.807) is 74.1 Å². The van der Waals surface area contributed by atoms with Gasteiger partial charge in [0.25, 0.3) is 11.1 Å². The molecule has 0 aliphatic carbocycles. The number of rotatable bonds is 25. The predicted octanol–water partition coefficient (Wildman–Crippen LogP) is 7.04. The number of hydrogen-bond acceptors (Lipinski definition) is 10. The second kappa shape index (κ2) is 28.6. The molecule has 86 heavy (non-hydrogen) atoms. The van der Waals surface area contributed by atoms with Crippen molar-refractivity contribution in [2.24, 2.45) is 11.8 Å². The number of likely N-dealkylation sites (tertiary alicyclic amines) is 2. The quantitative estimate of drug-likeness (QED) is 0.0371. The topological polar surface area (TPSA) is 229 Å². The summed E-state index contributed by atoms with van der Waals surface area (Å²) < 4.78 is 27.3. The molecule has 2 aromatic carbocycles. The Morgan fingerprint density at radius 1 is 0.547 bits per heavy atom. The fourth-order valence-electron chi connectivity index (χ4n) is 12.8. The summed E-state index contributed by atoms with van der Waals surface area (Å²) in [6, 6.07) is 12.7. The first kappa shape index (κ1) is 64.9. The number of likely N-dealkylation sites (N-methyl/N-ethyl adjacent to an activating group) is 2. The second-order valence-corrected chi connectivity index (χ2v) is 25.9. The summed E-state index contributed by atoms with van der Waals surface area (Å²) in [5.74, 6) is -1.45. The molecule has 18 nitrogen and oxygen atoms in total. The normalized spacial score (nSPS) is 18.0. The van der Waals surface area contributed by atoms with Gasteiger partial charge in [0.05, 0.1) is 23.5 Å². The number of nitrogens with one attached hydrogen (secondary N) is 6. The van der Waals surface area contributed by atoms with E-state index in [-0.39, 0.29) is 82.9 Å². The summed E-state index contributed by atoms with van der Waals surface area (Å²) in [6.45, 7) is 14.3. The highest BCUT2D eigenvalue weighted by molar-refractivity contribution is 6.02. The van der Waals surface area contributed by atoms with Crippen LogP contribution in [0.3, 0.4) is 0 Å². The molecular weight excluding hydrogens is 1100 g/mol. The van der Waals surface area contributed by atoms with Gasteiger partial charge in [-0.3, -0.25) is 38.4 Å². The highest BCUT2D eigenvalue weighted by Crippen LogP contribution is 2.41. The van der Waals surface area contributed by atoms with E-state index in [2.05, 4.69) is 31.2 Å². The molecule has 0 bridgehead atoms. The standard InChI is InChI=1S/C66H90F2N10O8/c1-41(69-7)59(81)71-51(63(85)77-39-65(3,4)57-53(77)37-47(61(83)73-57)33-43-17-21-49(67)22-18-43)35-45-25-29-75(30-26-45)55(79)15-13-11-9-10-12-14-16-56(80)76-31-27-46(28-32-76)36-52(72-60(82)42(2)70-8)64(86)78-40-66(5,6)58-54(78)38-48(62(84)74-58)34-44-19-23-50(68)24-20-44/h17-24,37-38,41-42,45-46,51-52,69-70H,9-16,25-36,39-40H2,1-8H3,(H,71,81)(H,72,82)(H,73,83)(H,74,84)/t41-,42-,51-,52-/m0/s1. The third-order valence-electron chi connectivity index (χ3n) is 18.4. The maximum atomic E-state index is 14.7. The Bertz CT molecular complexity index is 2970. The molecule has 2 fully saturated rings. The monoisotopic (exact) mass is 1190 g/mol. The minimum absolute atomic E-state index is 0.0845. The molecule has 2 aromatic heterocycles. The van der Waals surface area contributed by atoms with Crippen molar-refractivity contribution >= 4 is 46.8 Å². The number of carbonyl (C=O) groups is 6. The number of benzene rings is 2. The number of H-pyrrole nitrogens is 2. The van der Waals surface area contributed by atoms with Crippen molar-refractivity contribution in [3.05, 3.63) is 127 Å². The number of aromatic amines is 2. The van der Waals surface area contributed by atoms with Gasteiger partial charge in [-0.15, -0.1) is 0 Å². The lowest BCUT2D eigenvalue weighted by Gasteiger charge is -2.35. The summed E-state index contributed by atoms with van der Waals surface area (Å²) in [5.41, 5.74) is 3.23. The first-order valence-electron chi connectivity index (χ1n) is 31.1. The van der Waals surface area contributed by atoms with Crippen LogP contribution in [0, 0.1) is 23.5 Å². The van der Waals surface area contributed by atoms with Gasteiger partial charge < -0.3 is 50.8 Å². The Labute approximate surface area is 504 Å².